The molecule has 1 aromatic rings. The van der Waals surface area contributed by atoms with Gasteiger partial charge in [0.2, 0.25) is 5.91 Å². The molecule has 1 amide bonds. The highest BCUT2D eigenvalue weighted by Gasteiger charge is 2.20. The predicted molar refractivity (Wildman–Crippen MR) is 84.4 cm³/mol. The molecule has 0 radical (unpaired) electrons. The number of amides is 1. The minimum absolute atomic E-state index is 0.00460. The van der Waals surface area contributed by atoms with Crippen molar-refractivity contribution in [2.75, 3.05) is 38.1 Å². The van der Waals surface area contributed by atoms with Crippen LogP contribution in [0.3, 0.4) is 0 Å². The molecule has 116 valence electrons. The lowest BCUT2D eigenvalue weighted by atomic mass is 10.0. The third-order valence-electron chi connectivity index (χ3n) is 3.71. The van der Waals surface area contributed by atoms with Crippen LogP contribution in [0.1, 0.15) is 25.3 Å². The molecule has 2 rings (SSSR count). The molecule has 1 aromatic carbocycles. The molecule has 0 aliphatic carbocycles. The Hall–Kier alpha value is -1.43. The standard InChI is InChI=1S/C16H25N3O2/c1-12(2)13-3-5-14(6-4-13)18-16(20)11-19-7-8-21-15(9-17)10-19/h3-6,12,15H,7-11,17H2,1-2H3,(H,18,20). The Kier molecular flexibility index (Phi) is 5.73. The Morgan fingerprint density at radius 2 is 2.14 bits per heavy atom. The predicted octanol–water partition coefficient (Wildman–Crippen LogP) is 1.41. The van der Waals surface area contributed by atoms with Gasteiger partial charge in [0.25, 0.3) is 0 Å². The van der Waals surface area contributed by atoms with Crippen molar-refractivity contribution < 1.29 is 9.53 Å². The summed E-state index contributed by atoms with van der Waals surface area (Å²) < 4.78 is 5.49. The smallest absolute Gasteiger partial charge is 0.238 e. The molecule has 3 N–H and O–H groups in total. The fourth-order valence-electron chi connectivity index (χ4n) is 2.42. The van der Waals surface area contributed by atoms with Crippen LogP contribution >= 0.6 is 0 Å². The van der Waals surface area contributed by atoms with Gasteiger partial charge in [-0.1, -0.05) is 26.0 Å². The third kappa shape index (κ3) is 4.81. The minimum Gasteiger partial charge on any atom is -0.374 e. The lowest BCUT2D eigenvalue weighted by molar-refractivity contribution is -0.119. The monoisotopic (exact) mass is 291 g/mol. The zero-order valence-corrected chi connectivity index (χ0v) is 12.8. The van der Waals surface area contributed by atoms with E-state index in [0.29, 0.717) is 25.6 Å². The molecule has 0 bridgehead atoms. The maximum Gasteiger partial charge on any atom is 0.238 e. The molecule has 0 saturated carbocycles. The number of morpholine rings is 1. The van der Waals surface area contributed by atoms with Crippen LogP contribution < -0.4 is 11.1 Å². The van der Waals surface area contributed by atoms with Crippen molar-refractivity contribution >= 4 is 11.6 Å². The summed E-state index contributed by atoms with van der Waals surface area (Å²) >= 11 is 0. The molecule has 1 aliphatic heterocycles. The Bertz CT molecular complexity index is 459. The van der Waals surface area contributed by atoms with Gasteiger partial charge < -0.3 is 15.8 Å². The van der Waals surface area contributed by atoms with Gasteiger partial charge >= 0.3 is 0 Å². The van der Waals surface area contributed by atoms with Crippen molar-refractivity contribution in [3.05, 3.63) is 29.8 Å². The third-order valence-corrected chi connectivity index (χ3v) is 3.71. The zero-order valence-electron chi connectivity index (χ0n) is 12.8. The van der Waals surface area contributed by atoms with Crippen molar-refractivity contribution in [2.24, 2.45) is 5.73 Å². The second kappa shape index (κ2) is 7.54. The number of nitrogens with zero attached hydrogens (tertiary/aromatic N) is 1. The fraction of sp³-hybridized carbons (Fsp3) is 0.562. The topological polar surface area (TPSA) is 67.6 Å². The maximum atomic E-state index is 12.1. The number of carbonyl (C=O) groups is 1. The number of ether oxygens (including phenoxy) is 1. The summed E-state index contributed by atoms with van der Waals surface area (Å²) in [5.74, 6) is 0.501. The molecule has 0 spiro atoms. The van der Waals surface area contributed by atoms with Crippen LogP contribution in [0.5, 0.6) is 0 Å². The number of rotatable bonds is 5. The Morgan fingerprint density at radius 3 is 2.76 bits per heavy atom. The van der Waals surface area contributed by atoms with Crippen LogP contribution in [-0.2, 0) is 9.53 Å². The van der Waals surface area contributed by atoms with E-state index in [1.807, 2.05) is 12.1 Å². The summed E-state index contributed by atoms with van der Waals surface area (Å²) in [6, 6.07) is 8.02. The maximum absolute atomic E-state index is 12.1. The molecule has 1 heterocycles. The molecular weight excluding hydrogens is 266 g/mol. The van der Waals surface area contributed by atoms with Crippen molar-refractivity contribution in [3.63, 3.8) is 0 Å². The molecule has 21 heavy (non-hydrogen) atoms. The summed E-state index contributed by atoms with van der Waals surface area (Å²) in [5, 5.41) is 2.94. The van der Waals surface area contributed by atoms with Crippen LogP contribution in [0.2, 0.25) is 0 Å². The van der Waals surface area contributed by atoms with E-state index in [2.05, 4.69) is 36.2 Å². The van der Waals surface area contributed by atoms with Gasteiger partial charge in [-0.15, -0.1) is 0 Å². The van der Waals surface area contributed by atoms with Crippen LogP contribution in [0.25, 0.3) is 0 Å². The molecule has 1 fully saturated rings. The first-order valence-electron chi connectivity index (χ1n) is 7.52. The molecule has 1 atom stereocenters. The summed E-state index contributed by atoms with van der Waals surface area (Å²) in [7, 11) is 0. The van der Waals surface area contributed by atoms with Crippen LogP contribution in [0.15, 0.2) is 24.3 Å². The van der Waals surface area contributed by atoms with Crippen LogP contribution in [0, 0.1) is 0 Å². The largest absolute Gasteiger partial charge is 0.374 e. The zero-order chi connectivity index (χ0) is 15.2. The molecule has 0 aromatic heterocycles. The van der Waals surface area contributed by atoms with Gasteiger partial charge in [0, 0.05) is 25.3 Å². The second-order valence-electron chi connectivity index (χ2n) is 5.79. The Balaban J connectivity index is 1.83. The molecule has 1 unspecified atom stereocenters. The average Bonchev–Trinajstić information content (AvgIpc) is 2.47. The molecule has 1 aliphatic rings. The quantitative estimate of drug-likeness (QED) is 0.860. The number of carbonyl (C=O) groups excluding carboxylic acids is 1. The summed E-state index contributed by atoms with van der Waals surface area (Å²) in [5.41, 5.74) is 7.72. The van der Waals surface area contributed by atoms with Gasteiger partial charge in [-0.3, -0.25) is 9.69 Å². The van der Waals surface area contributed by atoms with E-state index in [-0.39, 0.29) is 12.0 Å². The minimum atomic E-state index is 0.00460. The number of nitrogens with two attached hydrogens (primary N) is 1. The molecule has 1 saturated heterocycles. The van der Waals surface area contributed by atoms with E-state index in [1.165, 1.54) is 5.56 Å². The second-order valence-corrected chi connectivity index (χ2v) is 5.79. The molecule has 5 nitrogen and oxygen atoms in total. The van der Waals surface area contributed by atoms with Gasteiger partial charge in [-0.2, -0.15) is 0 Å². The Morgan fingerprint density at radius 1 is 1.43 bits per heavy atom. The van der Waals surface area contributed by atoms with Gasteiger partial charge in [-0.25, -0.2) is 0 Å². The van der Waals surface area contributed by atoms with Crippen molar-refractivity contribution in [3.8, 4) is 0 Å². The SMILES string of the molecule is CC(C)c1ccc(NC(=O)CN2CCOC(CN)C2)cc1. The molecular formula is C16H25N3O2. The normalized spacial score (nSPS) is 19.7. The van der Waals surface area contributed by atoms with Gasteiger partial charge in [0.05, 0.1) is 19.3 Å². The van der Waals surface area contributed by atoms with E-state index < -0.39 is 0 Å². The summed E-state index contributed by atoms with van der Waals surface area (Å²) in [4.78, 5) is 14.2. The molecule has 5 heteroatoms. The van der Waals surface area contributed by atoms with E-state index in [4.69, 9.17) is 10.5 Å². The highest BCUT2D eigenvalue weighted by atomic mass is 16.5. The van der Waals surface area contributed by atoms with Gasteiger partial charge in [-0.05, 0) is 23.6 Å². The van der Waals surface area contributed by atoms with E-state index >= 15 is 0 Å². The van der Waals surface area contributed by atoms with Gasteiger partial charge in [0.1, 0.15) is 0 Å². The van der Waals surface area contributed by atoms with E-state index in [1.54, 1.807) is 0 Å². The van der Waals surface area contributed by atoms with E-state index in [0.717, 1.165) is 18.8 Å². The van der Waals surface area contributed by atoms with Gasteiger partial charge in [0.15, 0.2) is 0 Å². The number of hydrogen-bond acceptors (Lipinski definition) is 4. The van der Waals surface area contributed by atoms with Crippen LogP contribution in [-0.4, -0.2) is 49.7 Å². The number of hydrogen-bond donors (Lipinski definition) is 2. The van der Waals surface area contributed by atoms with E-state index in [9.17, 15) is 4.79 Å². The number of nitrogens with one attached hydrogen (secondary N) is 1. The highest BCUT2D eigenvalue weighted by Crippen LogP contribution is 2.17. The first kappa shape index (κ1) is 15.9. The summed E-state index contributed by atoms with van der Waals surface area (Å²) in [6.45, 7) is 7.31. The number of anilines is 1. The lowest BCUT2D eigenvalue weighted by Crippen LogP contribution is -2.48. The Labute approximate surface area is 126 Å². The first-order valence-corrected chi connectivity index (χ1v) is 7.52. The fourth-order valence-corrected chi connectivity index (χ4v) is 2.42. The highest BCUT2D eigenvalue weighted by molar-refractivity contribution is 5.92. The van der Waals surface area contributed by atoms with Crippen molar-refractivity contribution in [1.29, 1.82) is 0 Å². The van der Waals surface area contributed by atoms with Crippen molar-refractivity contribution in [2.45, 2.75) is 25.9 Å². The van der Waals surface area contributed by atoms with Crippen LogP contribution in [0.4, 0.5) is 5.69 Å². The summed E-state index contributed by atoms with van der Waals surface area (Å²) in [6.07, 6.45) is 0.0388. The lowest BCUT2D eigenvalue weighted by Gasteiger charge is -2.31. The first-order chi connectivity index (χ1) is 10.1. The van der Waals surface area contributed by atoms with Crippen molar-refractivity contribution in [1.82, 2.24) is 4.90 Å². The average molecular weight is 291 g/mol. The number of benzene rings is 1.